The van der Waals surface area contributed by atoms with Gasteiger partial charge in [0.25, 0.3) is 0 Å². The number of fused-ring (bicyclic) bond motifs is 4. The highest BCUT2D eigenvalue weighted by atomic mass is 16.6. The first-order valence-electron chi connectivity index (χ1n) is 12.6. The molecule has 35 heavy (non-hydrogen) atoms. The lowest BCUT2D eigenvalue weighted by Crippen LogP contribution is -2.59. The lowest BCUT2D eigenvalue weighted by molar-refractivity contribution is -0.159. The summed E-state index contributed by atoms with van der Waals surface area (Å²) in [5.41, 5.74) is 3.45. The molecule has 1 aromatic heterocycles. The number of methoxy groups -OCH3 is 2. The van der Waals surface area contributed by atoms with Gasteiger partial charge in [0.05, 0.1) is 19.8 Å². The Bertz CT molecular complexity index is 1230. The molecule has 2 atom stereocenters. The van der Waals surface area contributed by atoms with Crippen molar-refractivity contribution in [3.63, 3.8) is 0 Å². The minimum Gasteiger partial charge on any atom is -0.497 e. The van der Waals surface area contributed by atoms with Crippen molar-refractivity contribution in [3.05, 3.63) is 59.3 Å². The molecule has 0 radical (unpaired) electrons. The smallest absolute Gasteiger partial charge is 0.324 e. The SMILES string of the molecule is COc1ccc(OC)c([C@H]2c3c([nH]c4ccccc34)C3(CCCCC3)N[C@@H]2C(=O)OC(C)(C)C)c1. The Balaban J connectivity index is 1.79. The van der Waals surface area contributed by atoms with Gasteiger partial charge in [-0.05, 0) is 63.4 Å². The molecule has 0 amide bonds. The second kappa shape index (κ2) is 8.90. The number of ether oxygens (including phenoxy) is 3. The summed E-state index contributed by atoms with van der Waals surface area (Å²) in [7, 11) is 3.33. The van der Waals surface area contributed by atoms with E-state index < -0.39 is 11.6 Å². The summed E-state index contributed by atoms with van der Waals surface area (Å²) in [6, 6.07) is 13.6. The highest BCUT2D eigenvalue weighted by Gasteiger charge is 2.51. The van der Waals surface area contributed by atoms with E-state index in [1.54, 1.807) is 14.2 Å². The summed E-state index contributed by atoms with van der Waals surface area (Å²) < 4.78 is 17.4. The molecule has 1 spiro atoms. The van der Waals surface area contributed by atoms with Crippen LogP contribution in [0.5, 0.6) is 11.5 Å². The van der Waals surface area contributed by atoms with Crippen LogP contribution in [0.4, 0.5) is 0 Å². The third kappa shape index (κ3) is 4.18. The van der Waals surface area contributed by atoms with E-state index in [9.17, 15) is 4.79 Å². The number of rotatable bonds is 4. The zero-order valence-corrected chi connectivity index (χ0v) is 21.4. The number of aromatic amines is 1. The Morgan fingerprint density at radius 3 is 2.43 bits per heavy atom. The van der Waals surface area contributed by atoms with Gasteiger partial charge in [0.1, 0.15) is 23.1 Å². The number of aromatic nitrogens is 1. The van der Waals surface area contributed by atoms with Gasteiger partial charge >= 0.3 is 5.97 Å². The Labute approximate surface area is 207 Å². The van der Waals surface area contributed by atoms with Crippen molar-refractivity contribution in [2.24, 2.45) is 0 Å². The molecule has 186 valence electrons. The highest BCUT2D eigenvalue weighted by Crippen LogP contribution is 2.51. The van der Waals surface area contributed by atoms with Crippen LogP contribution in [-0.2, 0) is 15.1 Å². The van der Waals surface area contributed by atoms with Gasteiger partial charge in [-0.3, -0.25) is 10.1 Å². The topological polar surface area (TPSA) is 72.6 Å². The van der Waals surface area contributed by atoms with Crippen LogP contribution in [0.3, 0.4) is 0 Å². The molecule has 0 saturated heterocycles. The fourth-order valence-electron chi connectivity index (χ4n) is 6.01. The first-order valence-corrected chi connectivity index (χ1v) is 12.6. The van der Waals surface area contributed by atoms with Crippen molar-refractivity contribution in [2.45, 2.75) is 76.0 Å². The standard InChI is InChI=1S/C29H36N2O4/c1-28(2,3)35-27(32)25-23(20-17-18(33-4)13-14-22(20)34-5)24-19-11-7-8-12-21(19)30-26(24)29(31-25)15-9-6-10-16-29/h7-8,11-14,17,23,25,30-31H,6,9-10,15-16H2,1-5H3/t23-,25-/m0/s1. The van der Waals surface area contributed by atoms with Crippen molar-refractivity contribution in [1.29, 1.82) is 0 Å². The minimum atomic E-state index is -0.595. The van der Waals surface area contributed by atoms with Crippen LogP contribution in [0.15, 0.2) is 42.5 Å². The van der Waals surface area contributed by atoms with E-state index >= 15 is 0 Å². The Morgan fingerprint density at radius 2 is 1.74 bits per heavy atom. The summed E-state index contributed by atoms with van der Waals surface area (Å²) in [5, 5.41) is 4.98. The second-order valence-corrected chi connectivity index (χ2v) is 10.8. The van der Waals surface area contributed by atoms with E-state index in [1.165, 1.54) is 12.1 Å². The van der Waals surface area contributed by atoms with Gasteiger partial charge in [-0.1, -0.05) is 37.5 Å². The quantitative estimate of drug-likeness (QED) is 0.466. The van der Waals surface area contributed by atoms with Crippen LogP contribution >= 0.6 is 0 Å². The Morgan fingerprint density at radius 1 is 1.00 bits per heavy atom. The molecule has 1 fully saturated rings. The fourth-order valence-corrected chi connectivity index (χ4v) is 6.01. The molecule has 2 aromatic carbocycles. The van der Waals surface area contributed by atoms with E-state index in [0.717, 1.165) is 59.2 Å². The molecule has 1 aliphatic carbocycles. The van der Waals surface area contributed by atoms with Crippen LogP contribution in [0.1, 0.15) is 75.6 Å². The zero-order chi connectivity index (χ0) is 24.8. The van der Waals surface area contributed by atoms with E-state index in [2.05, 4.69) is 34.6 Å². The lowest BCUT2D eigenvalue weighted by atomic mass is 9.69. The van der Waals surface area contributed by atoms with Crippen LogP contribution in [0, 0.1) is 0 Å². The molecule has 1 saturated carbocycles. The summed E-state index contributed by atoms with van der Waals surface area (Å²) in [4.78, 5) is 17.6. The fraction of sp³-hybridized carbons (Fsp3) is 0.483. The van der Waals surface area contributed by atoms with Gasteiger partial charge in [-0.2, -0.15) is 0 Å². The van der Waals surface area contributed by atoms with Crippen LogP contribution in [-0.4, -0.2) is 36.8 Å². The maximum absolute atomic E-state index is 13.9. The zero-order valence-electron chi connectivity index (χ0n) is 21.4. The maximum Gasteiger partial charge on any atom is 0.324 e. The number of H-pyrrole nitrogens is 1. The van der Waals surface area contributed by atoms with E-state index in [-0.39, 0.29) is 17.4 Å². The summed E-state index contributed by atoms with van der Waals surface area (Å²) in [6.07, 6.45) is 5.41. The van der Waals surface area contributed by atoms with Gasteiger partial charge in [0.2, 0.25) is 0 Å². The van der Waals surface area contributed by atoms with Gasteiger partial charge in [0, 0.05) is 28.1 Å². The lowest BCUT2D eigenvalue weighted by Gasteiger charge is -2.47. The normalized spacial score (nSPS) is 21.5. The number of nitrogens with one attached hydrogen (secondary N) is 2. The molecular formula is C29H36N2O4. The molecule has 3 aromatic rings. The molecule has 1 aliphatic heterocycles. The number of para-hydroxylation sites is 1. The first-order chi connectivity index (χ1) is 16.8. The van der Waals surface area contributed by atoms with Gasteiger partial charge in [-0.15, -0.1) is 0 Å². The van der Waals surface area contributed by atoms with Gasteiger partial charge in [-0.25, -0.2) is 0 Å². The predicted molar refractivity (Wildman–Crippen MR) is 137 cm³/mol. The van der Waals surface area contributed by atoms with Crippen LogP contribution in [0.2, 0.25) is 0 Å². The second-order valence-electron chi connectivity index (χ2n) is 10.8. The van der Waals surface area contributed by atoms with Gasteiger partial charge in [0.15, 0.2) is 0 Å². The largest absolute Gasteiger partial charge is 0.497 e. The number of carbonyl (C=O) groups is 1. The number of hydrogen-bond donors (Lipinski definition) is 2. The minimum absolute atomic E-state index is 0.242. The van der Waals surface area contributed by atoms with E-state index in [4.69, 9.17) is 14.2 Å². The molecule has 6 heteroatoms. The van der Waals surface area contributed by atoms with E-state index in [1.807, 2.05) is 39.0 Å². The summed E-state index contributed by atoms with van der Waals surface area (Å²) in [6.45, 7) is 5.76. The van der Waals surface area contributed by atoms with Crippen molar-refractivity contribution < 1.29 is 19.0 Å². The van der Waals surface area contributed by atoms with Gasteiger partial charge < -0.3 is 19.2 Å². The predicted octanol–water partition coefficient (Wildman–Crippen LogP) is 5.79. The number of esters is 1. The molecular weight excluding hydrogens is 440 g/mol. The Kier molecular flexibility index (Phi) is 6.04. The molecule has 2 N–H and O–H groups in total. The highest BCUT2D eigenvalue weighted by molar-refractivity contribution is 5.90. The Hall–Kier alpha value is -2.99. The van der Waals surface area contributed by atoms with Crippen LogP contribution < -0.4 is 14.8 Å². The maximum atomic E-state index is 13.9. The average molecular weight is 477 g/mol. The molecule has 2 aliphatic rings. The number of hydrogen-bond acceptors (Lipinski definition) is 5. The van der Waals surface area contributed by atoms with Crippen molar-refractivity contribution >= 4 is 16.9 Å². The van der Waals surface area contributed by atoms with Crippen molar-refractivity contribution in [2.75, 3.05) is 14.2 Å². The van der Waals surface area contributed by atoms with Crippen molar-refractivity contribution in [1.82, 2.24) is 10.3 Å². The first kappa shape index (κ1) is 23.7. The number of benzene rings is 2. The molecule has 6 nitrogen and oxygen atoms in total. The third-order valence-corrected chi connectivity index (χ3v) is 7.44. The molecule has 0 unspecified atom stereocenters. The van der Waals surface area contributed by atoms with E-state index in [0.29, 0.717) is 0 Å². The monoisotopic (exact) mass is 476 g/mol. The average Bonchev–Trinajstić information content (AvgIpc) is 3.24. The molecule has 0 bridgehead atoms. The number of carbonyl (C=O) groups excluding carboxylic acids is 1. The van der Waals surface area contributed by atoms with Crippen LogP contribution in [0.25, 0.3) is 10.9 Å². The summed E-state index contributed by atoms with van der Waals surface area (Å²) >= 11 is 0. The summed E-state index contributed by atoms with van der Waals surface area (Å²) in [5.74, 6) is 0.895. The molecule has 5 rings (SSSR count). The molecule has 2 heterocycles. The third-order valence-electron chi connectivity index (χ3n) is 7.44. The van der Waals surface area contributed by atoms with Crippen molar-refractivity contribution in [3.8, 4) is 11.5 Å².